The lowest BCUT2D eigenvalue weighted by molar-refractivity contribution is 0.0934. The third-order valence-corrected chi connectivity index (χ3v) is 3.09. The van der Waals surface area contributed by atoms with E-state index >= 15 is 0 Å². The van der Waals surface area contributed by atoms with Crippen molar-refractivity contribution >= 4 is 17.5 Å². The largest absolute Gasteiger partial charge is 0.344 e. The lowest BCUT2D eigenvalue weighted by Crippen LogP contribution is -2.27. The molecule has 0 saturated carbocycles. The maximum absolute atomic E-state index is 13.5. The standard InChI is InChI=1S/C14H13ClFN3O/c1-8-3-4-10(5-11(8)16)9(2)19-14(20)12-6-18-13(15)7-17-12/h3-7,9H,1-2H3,(H,19,20). The van der Waals surface area contributed by atoms with Crippen molar-refractivity contribution in [1.29, 1.82) is 0 Å². The summed E-state index contributed by atoms with van der Waals surface area (Å²) in [5.41, 5.74) is 1.41. The van der Waals surface area contributed by atoms with Gasteiger partial charge in [-0.1, -0.05) is 23.7 Å². The van der Waals surface area contributed by atoms with Crippen molar-refractivity contribution in [3.63, 3.8) is 0 Å². The molecule has 104 valence electrons. The number of aromatic nitrogens is 2. The Morgan fingerprint density at radius 1 is 1.35 bits per heavy atom. The number of aryl methyl sites for hydroxylation is 1. The molecule has 0 aliphatic carbocycles. The van der Waals surface area contributed by atoms with Crippen LogP contribution in [-0.2, 0) is 0 Å². The molecule has 1 amide bonds. The third-order valence-electron chi connectivity index (χ3n) is 2.90. The van der Waals surface area contributed by atoms with Gasteiger partial charge in [0.05, 0.1) is 18.4 Å². The van der Waals surface area contributed by atoms with E-state index in [1.54, 1.807) is 26.0 Å². The number of carbonyl (C=O) groups excluding carboxylic acids is 1. The van der Waals surface area contributed by atoms with Gasteiger partial charge in [0.1, 0.15) is 16.7 Å². The molecule has 1 atom stereocenters. The highest BCUT2D eigenvalue weighted by molar-refractivity contribution is 6.29. The summed E-state index contributed by atoms with van der Waals surface area (Å²) in [5.74, 6) is -0.683. The van der Waals surface area contributed by atoms with Crippen molar-refractivity contribution in [3.05, 3.63) is 58.4 Å². The molecular formula is C14H13ClFN3O. The van der Waals surface area contributed by atoms with Gasteiger partial charge in [-0.15, -0.1) is 0 Å². The highest BCUT2D eigenvalue weighted by Crippen LogP contribution is 2.16. The fourth-order valence-electron chi connectivity index (χ4n) is 1.66. The summed E-state index contributed by atoms with van der Waals surface area (Å²) in [6.07, 6.45) is 2.59. The van der Waals surface area contributed by atoms with Crippen molar-refractivity contribution in [3.8, 4) is 0 Å². The molecule has 0 spiro atoms. The zero-order valence-electron chi connectivity index (χ0n) is 11.0. The summed E-state index contributed by atoms with van der Waals surface area (Å²) in [7, 11) is 0. The molecule has 1 heterocycles. The van der Waals surface area contributed by atoms with Crippen molar-refractivity contribution in [2.45, 2.75) is 19.9 Å². The second-order valence-electron chi connectivity index (χ2n) is 4.43. The summed E-state index contributed by atoms with van der Waals surface area (Å²) in [6.45, 7) is 3.46. The van der Waals surface area contributed by atoms with Gasteiger partial charge in [-0.3, -0.25) is 4.79 Å². The fraction of sp³-hybridized carbons (Fsp3) is 0.214. The molecular weight excluding hydrogens is 281 g/mol. The van der Waals surface area contributed by atoms with Crippen LogP contribution in [0.5, 0.6) is 0 Å². The van der Waals surface area contributed by atoms with Crippen molar-refractivity contribution in [2.24, 2.45) is 0 Å². The number of nitrogens with zero attached hydrogens (tertiary/aromatic N) is 2. The van der Waals surface area contributed by atoms with Gasteiger partial charge < -0.3 is 5.32 Å². The van der Waals surface area contributed by atoms with Crippen LogP contribution in [0.15, 0.2) is 30.6 Å². The molecule has 2 aromatic rings. The topological polar surface area (TPSA) is 54.9 Å². The quantitative estimate of drug-likeness (QED) is 0.946. The molecule has 0 aliphatic heterocycles. The minimum absolute atomic E-state index is 0.161. The predicted octanol–water partition coefficient (Wildman–Crippen LogP) is 3.07. The van der Waals surface area contributed by atoms with Crippen LogP contribution < -0.4 is 5.32 Å². The Morgan fingerprint density at radius 3 is 2.70 bits per heavy atom. The minimum Gasteiger partial charge on any atom is -0.344 e. The van der Waals surface area contributed by atoms with Crippen LogP contribution in [0, 0.1) is 12.7 Å². The van der Waals surface area contributed by atoms with Gasteiger partial charge in [0.2, 0.25) is 0 Å². The first-order chi connectivity index (χ1) is 9.47. The zero-order valence-corrected chi connectivity index (χ0v) is 11.8. The number of rotatable bonds is 3. The maximum Gasteiger partial charge on any atom is 0.271 e. The average molecular weight is 294 g/mol. The smallest absolute Gasteiger partial charge is 0.271 e. The maximum atomic E-state index is 13.5. The normalized spacial score (nSPS) is 12.0. The van der Waals surface area contributed by atoms with Crippen molar-refractivity contribution in [1.82, 2.24) is 15.3 Å². The summed E-state index contributed by atoms with van der Waals surface area (Å²) < 4.78 is 13.5. The van der Waals surface area contributed by atoms with E-state index in [4.69, 9.17) is 11.6 Å². The number of hydrogen-bond donors (Lipinski definition) is 1. The molecule has 0 saturated heterocycles. The Labute approximate surface area is 121 Å². The van der Waals surface area contributed by atoms with E-state index in [1.807, 2.05) is 0 Å². The van der Waals surface area contributed by atoms with Crippen LogP contribution in [0.1, 0.15) is 34.6 Å². The molecule has 0 radical (unpaired) electrons. The van der Waals surface area contributed by atoms with Gasteiger partial charge in [0.25, 0.3) is 5.91 Å². The SMILES string of the molecule is Cc1ccc(C(C)NC(=O)c2cnc(Cl)cn2)cc1F. The summed E-state index contributed by atoms with van der Waals surface area (Å²) >= 11 is 5.60. The van der Waals surface area contributed by atoms with Crippen LogP contribution in [0.25, 0.3) is 0 Å². The first kappa shape index (κ1) is 14.4. The monoisotopic (exact) mass is 293 g/mol. The first-order valence-electron chi connectivity index (χ1n) is 6.02. The lowest BCUT2D eigenvalue weighted by atomic mass is 10.1. The van der Waals surface area contributed by atoms with Gasteiger partial charge in [0, 0.05) is 0 Å². The molecule has 6 heteroatoms. The minimum atomic E-state index is -0.386. The third kappa shape index (κ3) is 3.30. The Morgan fingerprint density at radius 2 is 2.10 bits per heavy atom. The van der Waals surface area contributed by atoms with Crippen LogP contribution in [0.3, 0.4) is 0 Å². The van der Waals surface area contributed by atoms with Crippen molar-refractivity contribution in [2.75, 3.05) is 0 Å². The molecule has 2 rings (SSSR count). The number of hydrogen-bond acceptors (Lipinski definition) is 3. The summed E-state index contributed by atoms with van der Waals surface area (Å²) in [5, 5.41) is 2.95. The van der Waals surface area contributed by atoms with Crippen LogP contribution >= 0.6 is 11.6 Å². The van der Waals surface area contributed by atoms with E-state index in [0.29, 0.717) is 11.1 Å². The molecule has 0 fully saturated rings. The molecule has 1 unspecified atom stereocenters. The van der Waals surface area contributed by atoms with Gasteiger partial charge in [0.15, 0.2) is 0 Å². The second-order valence-corrected chi connectivity index (χ2v) is 4.82. The number of amides is 1. The Hall–Kier alpha value is -2.01. The van der Waals surface area contributed by atoms with Crippen LogP contribution in [0.4, 0.5) is 4.39 Å². The number of halogens is 2. The highest BCUT2D eigenvalue weighted by Gasteiger charge is 2.13. The van der Waals surface area contributed by atoms with Crippen LogP contribution in [0.2, 0.25) is 5.15 Å². The lowest BCUT2D eigenvalue weighted by Gasteiger charge is -2.14. The van der Waals surface area contributed by atoms with Gasteiger partial charge >= 0.3 is 0 Å². The highest BCUT2D eigenvalue weighted by atomic mass is 35.5. The molecule has 1 aromatic carbocycles. The van der Waals surface area contributed by atoms with E-state index in [-0.39, 0.29) is 28.6 Å². The molecule has 20 heavy (non-hydrogen) atoms. The van der Waals surface area contributed by atoms with E-state index in [1.165, 1.54) is 18.5 Å². The molecule has 0 aliphatic rings. The molecule has 4 nitrogen and oxygen atoms in total. The molecule has 0 bridgehead atoms. The summed E-state index contributed by atoms with van der Waals surface area (Å²) in [4.78, 5) is 19.6. The van der Waals surface area contributed by atoms with Gasteiger partial charge in [-0.05, 0) is 31.0 Å². The number of carbonyl (C=O) groups is 1. The number of nitrogens with one attached hydrogen (secondary N) is 1. The van der Waals surface area contributed by atoms with E-state index in [9.17, 15) is 9.18 Å². The Kier molecular flexibility index (Phi) is 4.29. The van der Waals surface area contributed by atoms with Crippen molar-refractivity contribution < 1.29 is 9.18 Å². The first-order valence-corrected chi connectivity index (χ1v) is 6.39. The fourth-order valence-corrected chi connectivity index (χ4v) is 1.76. The van der Waals surface area contributed by atoms with Crippen LogP contribution in [-0.4, -0.2) is 15.9 Å². The van der Waals surface area contributed by atoms with E-state index in [2.05, 4.69) is 15.3 Å². The summed E-state index contributed by atoms with van der Waals surface area (Å²) in [6, 6.07) is 4.52. The molecule has 1 N–H and O–H groups in total. The Balaban J connectivity index is 2.10. The van der Waals surface area contributed by atoms with Gasteiger partial charge in [-0.2, -0.15) is 0 Å². The average Bonchev–Trinajstić information content (AvgIpc) is 2.42. The van der Waals surface area contributed by atoms with E-state index in [0.717, 1.165) is 0 Å². The van der Waals surface area contributed by atoms with Gasteiger partial charge in [-0.25, -0.2) is 14.4 Å². The zero-order chi connectivity index (χ0) is 14.7. The second kappa shape index (κ2) is 5.96. The van der Waals surface area contributed by atoms with E-state index < -0.39 is 0 Å². The molecule has 1 aromatic heterocycles. The predicted molar refractivity (Wildman–Crippen MR) is 74.1 cm³/mol. The number of benzene rings is 1. The Bertz CT molecular complexity index is 631.